The Balaban J connectivity index is -0.000000327. The van der Waals surface area contributed by atoms with Gasteiger partial charge in [0.1, 0.15) is 0 Å². The second kappa shape index (κ2) is 12.3. The van der Waals surface area contributed by atoms with Crippen LogP contribution < -0.4 is 0 Å². The van der Waals surface area contributed by atoms with Gasteiger partial charge in [0.25, 0.3) is 0 Å². The summed E-state index contributed by atoms with van der Waals surface area (Å²) in [7, 11) is -3.77. The van der Waals surface area contributed by atoms with Gasteiger partial charge in [-0.3, -0.25) is 9.05 Å². The molecular formula is C10H25MgO4P. The van der Waals surface area contributed by atoms with Crippen molar-refractivity contribution in [3.8, 4) is 0 Å². The summed E-state index contributed by atoms with van der Waals surface area (Å²) in [6.45, 7) is 4.74. The van der Waals surface area contributed by atoms with Crippen LogP contribution in [0.1, 0.15) is 55.2 Å². The van der Waals surface area contributed by atoms with E-state index in [-0.39, 0.29) is 25.9 Å². The standard InChI is InChI=1S/C10H23O4P.Mg.2H/c1-3-5-7-9-13-15(11,12)14-10-8-6-4-2;;;/h3-10H2,1-2H3,(H,11,12);;;/q;+2;2*-1. The van der Waals surface area contributed by atoms with Gasteiger partial charge in [-0.2, -0.15) is 0 Å². The minimum absolute atomic E-state index is 0. The molecule has 6 heteroatoms. The second-order valence-electron chi connectivity index (χ2n) is 3.55. The first-order chi connectivity index (χ1) is 7.12. The third-order valence-corrected chi connectivity index (χ3v) is 3.02. The van der Waals surface area contributed by atoms with Gasteiger partial charge in [0.05, 0.1) is 13.2 Å². The summed E-state index contributed by atoms with van der Waals surface area (Å²) in [6, 6.07) is 0. The minimum Gasteiger partial charge on any atom is -1.00 e. The molecule has 0 rings (SSSR count). The van der Waals surface area contributed by atoms with Gasteiger partial charge >= 0.3 is 30.9 Å². The van der Waals surface area contributed by atoms with E-state index in [1.165, 1.54) is 0 Å². The summed E-state index contributed by atoms with van der Waals surface area (Å²) in [6.07, 6.45) is 5.76. The number of rotatable bonds is 10. The number of hydrogen-bond acceptors (Lipinski definition) is 3. The number of phosphoric acid groups is 1. The van der Waals surface area contributed by atoms with Crippen molar-refractivity contribution in [3.63, 3.8) is 0 Å². The van der Waals surface area contributed by atoms with Crippen LogP contribution in [0.3, 0.4) is 0 Å². The predicted octanol–water partition coefficient (Wildman–Crippen LogP) is 3.34. The molecule has 0 bridgehead atoms. The monoisotopic (exact) mass is 264 g/mol. The van der Waals surface area contributed by atoms with Crippen LogP contribution in [-0.2, 0) is 13.6 Å². The van der Waals surface area contributed by atoms with E-state index < -0.39 is 7.82 Å². The molecule has 0 aromatic heterocycles. The zero-order chi connectivity index (χ0) is 11.6. The topological polar surface area (TPSA) is 55.8 Å². The van der Waals surface area contributed by atoms with Crippen LogP contribution in [0.4, 0.5) is 0 Å². The van der Waals surface area contributed by atoms with Crippen LogP contribution in [0, 0.1) is 0 Å². The average Bonchev–Trinajstić information content (AvgIpc) is 2.20. The fraction of sp³-hybridized carbons (Fsp3) is 1.00. The number of phosphoric ester groups is 1. The second-order valence-corrected chi connectivity index (χ2v) is 5.00. The van der Waals surface area contributed by atoms with Crippen LogP contribution in [0.2, 0.25) is 0 Å². The molecule has 0 saturated heterocycles. The van der Waals surface area contributed by atoms with E-state index in [0.717, 1.165) is 38.5 Å². The first kappa shape index (κ1) is 19.2. The molecule has 0 radical (unpaired) electrons. The van der Waals surface area contributed by atoms with Crippen LogP contribution in [0.15, 0.2) is 0 Å². The quantitative estimate of drug-likeness (QED) is 0.373. The van der Waals surface area contributed by atoms with E-state index in [4.69, 9.17) is 9.05 Å². The molecule has 4 nitrogen and oxygen atoms in total. The van der Waals surface area contributed by atoms with Crippen LogP contribution >= 0.6 is 7.82 Å². The SMILES string of the molecule is CCCCCOP(=O)(O)OCCCCC.[H-].[H-].[Mg+2]. The zero-order valence-electron chi connectivity index (χ0n) is 12.5. The molecule has 0 atom stereocenters. The molecule has 0 aliphatic carbocycles. The Morgan fingerprint density at radius 2 is 1.38 bits per heavy atom. The largest absolute Gasteiger partial charge is 2.00 e. The van der Waals surface area contributed by atoms with Crippen molar-refractivity contribution in [1.82, 2.24) is 0 Å². The molecule has 16 heavy (non-hydrogen) atoms. The molecule has 1 N–H and O–H groups in total. The smallest absolute Gasteiger partial charge is 1.00 e. The summed E-state index contributed by atoms with van der Waals surface area (Å²) in [5.41, 5.74) is 0. The molecule has 0 heterocycles. The van der Waals surface area contributed by atoms with Crippen molar-refractivity contribution >= 4 is 30.9 Å². The van der Waals surface area contributed by atoms with Gasteiger partial charge in [-0.25, -0.2) is 4.57 Å². The summed E-state index contributed by atoms with van der Waals surface area (Å²) < 4.78 is 20.9. The molecule has 0 unspecified atom stereocenters. The van der Waals surface area contributed by atoms with Crippen molar-refractivity contribution in [2.75, 3.05) is 13.2 Å². The summed E-state index contributed by atoms with van der Waals surface area (Å²) in [4.78, 5) is 9.22. The molecule has 0 aromatic carbocycles. The normalized spacial score (nSPS) is 11.2. The van der Waals surface area contributed by atoms with E-state index in [9.17, 15) is 9.46 Å². The van der Waals surface area contributed by atoms with Gasteiger partial charge in [0.15, 0.2) is 0 Å². The maximum absolute atomic E-state index is 11.3. The molecule has 0 aromatic rings. The van der Waals surface area contributed by atoms with Crippen LogP contribution in [-0.4, -0.2) is 41.2 Å². The molecular weight excluding hydrogens is 239 g/mol. The molecule has 0 saturated carbocycles. The van der Waals surface area contributed by atoms with Crippen molar-refractivity contribution < 1.29 is 21.4 Å². The van der Waals surface area contributed by atoms with Gasteiger partial charge in [0, 0.05) is 0 Å². The van der Waals surface area contributed by atoms with Gasteiger partial charge in [0.2, 0.25) is 0 Å². The minimum atomic E-state index is -3.77. The number of hydrogen-bond donors (Lipinski definition) is 1. The predicted molar refractivity (Wildman–Crippen MR) is 68.8 cm³/mol. The van der Waals surface area contributed by atoms with Crippen LogP contribution in [0.25, 0.3) is 0 Å². The van der Waals surface area contributed by atoms with Crippen LogP contribution in [0.5, 0.6) is 0 Å². The van der Waals surface area contributed by atoms with Crippen molar-refractivity contribution in [1.29, 1.82) is 0 Å². The summed E-state index contributed by atoms with van der Waals surface area (Å²) in [5.74, 6) is 0. The van der Waals surface area contributed by atoms with Gasteiger partial charge in [-0.15, -0.1) is 0 Å². The van der Waals surface area contributed by atoms with Gasteiger partial charge in [-0.05, 0) is 12.8 Å². The Morgan fingerprint density at radius 3 is 1.69 bits per heavy atom. The van der Waals surface area contributed by atoms with E-state index >= 15 is 0 Å². The van der Waals surface area contributed by atoms with Crippen molar-refractivity contribution in [2.45, 2.75) is 52.4 Å². The first-order valence-electron chi connectivity index (χ1n) is 5.74. The molecule has 0 aliphatic rings. The molecule has 96 valence electrons. The molecule has 0 spiro atoms. The Bertz CT molecular complexity index is 183. The van der Waals surface area contributed by atoms with Crippen molar-refractivity contribution in [2.24, 2.45) is 0 Å². The Labute approximate surface area is 118 Å². The summed E-state index contributed by atoms with van der Waals surface area (Å²) in [5, 5.41) is 0. The third kappa shape index (κ3) is 12.9. The molecule has 0 fully saturated rings. The Morgan fingerprint density at radius 1 is 1.00 bits per heavy atom. The fourth-order valence-corrected chi connectivity index (χ4v) is 1.90. The van der Waals surface area contributed by atoms with Gasteiger partial charge in [-0.1, -0.05) is 39.5 Å². The molecule has 0 amide bonds. The van der Waals surface area contributed by atoms with Crippen molar-refractivity contribution in [3.05, 3.63) is 0 Å². The first-order valence-corrected chi connectivity index (χ1v) is 7.23. The van der Waals surface area contributed by atoms with E-state index in [0.29, 0.717) is 13.2 Å². The summed E-state index contributed by atoms with van der Waals surface area (Å²) >= 11 is 0. The maximum Gasteiger partial charge on any atom is 2.00 e. The fourth-order valence-electron chi connectivity index (χ4n) is 1.10. The Kier molecular flexibility index (Phi) is 14.8. The maximum atomic E-state index is 11.3. The van der Waals surface area contributed by atoms with E-state index in [2.05, 4.69) is 13.8 Å². The van der Waals surface area contributed by atoms with E-state index in [1.807, 2.05) is 0 Å². The molecule has 0 aliphatic heterocycles. The number of unbranched alkanes of at least 4 members (excludes halogenated alkanes) is 4. The van der Waals surface area contributed by atoms with E-state index in [1.54, 1.807) is 0 Å². The van der Waals surface area contributed by atoms with Gasteiger partial charge < -0.3 is 7.75 Å². The Hall–Kier alpha value is 0.876. The zero-order valence-corrected chi connectivity index (χ0v) is 12.8. The average molecular weight is 265 g/mol. The third-order valence-electron chi connectivity index (χ3n) is 2.00.